The van der Waals surface area contributed by atoms with E-state index < -0.39 is 0 Å². The van der Waals surface area contributed by atoms with Gasteiger partial charge in [0, 0.05) is 24.9 Å². The third-order valence-corrected chi connectivity index (χ3v) is 2.78. The molecule has 2 aliphatic carbocycles. The normalized spacial score (nSPS) is 21.4. The maximum Gasteiger partial charge on any atom is 0.227 e. The average Bonchev–Trinajstić information content (AvgIpc) is 3.07. The molecular weight excluding hydrogens is 178 g/mol. The first-order valence-corrected chi connectivity index (χ1v) is 5.47. The van der Waals surface area contributed by atoms with Crippen LogP contribution in [0.15, 0.2) is 4.52 Å². The molecular formula is C10H15N3O. The maximum absolute atomic E-state index is 5.17. The second-order valence-corrected chi connectivity index (χ2v) is 4.30. The highest BCUT2D eigenvalue weighted by molar-refractivity contribution is 5.03. The third-order valence-electron chi connectivity index (χ3n) is 2.78. The lowest BCUT2D eigenvalue weighted by Gasteiger charge is -1.96. The van der Waals surface area contributed by atoms with Crippen LogP contribution in [0.3, 0.4) is 0 Å². The van der Waals surface area contributed by atoms with E-state index in [0.29, 0.717) is 5.92 Å². The van der Waals surface area contributed by atoms with Crippen LogP contribution in [0.4, 0.5) is 0 Å². The van der Waals surface area contributed by atoms with Gasteiger partial charge < -0.3 is 9.84 Å². The van der Waals surface area contributed by atoms with E-state index in [1.807, 2.05) is 0 Å². The van der Waals surface area contributed by atoms with Crippen molar-refractivity contribution in [1.29, 1.82) is 0 Å². The fourth-order valence-electron chi connectivity index (χ4n) is 1.55. The Bertz CT molecular complexity index is 315. The minimum Gasteiger partial charge on any atom is -0.339 e. The van der Waals surface area contributed by atoms with Crippen molar-refractivity contribution in [3.63, 3.8) is 0 Å². The van der Waals surface area contributed by atoms with E-state index in [4.69, 9.17) is 4.52 Å². The van der Waals surface area contributed by atoms with Crippen LogP contribution in [0.2, 0.25) is 0 Å². The molecule has 3 rings (SSSR count). The van der Waals surface area contributed by atoms with E-state index in [1.54, 1.807) is 0 Å². The second-order valence-electron chi connectivity index (χ2n) is 4.30. The fourth-order valence-corrected chi connectivity index (χ4v) is 1.55. The maximum atomic E-state index is 5.17. The molecule has 76 valence electrons. The molecule has 0 aromatic carbocycles. The second kappa shape index (κ2) is 3.35. The van der Waals surface area contributed by atoms with Crippen molar-refractivity contribution in [2.45, 2.75) is 44.1 Å². The smallest absolute Gasteiger partial charge is 0.227 e. The van der Waals surface area contributed by atoms with Crippen LogP contribution in [-0.4, -0.2) is 22.7 Å². The van der Waals surface area contributed by atoms with Crippen LogP contribution in [0.1, 0.15) is 43.3 Å². The van der Waals surface area contributed by atoms with Crippen molar-refractivity contribution in [1.82, 2.24) is 15.5 Å². The van der Waals surface area contributed by atoms with Crippen molar-refractivity contribution >= 4 is 0 Å². The lowest BCUT2D eigenvalue weighted by Crippen LogP contribution is -2.19. The first kappa shape index (κ1) is 8.41. The molecule has 2 saturated carbocycles. The summed E-state index contributed by atoms with van der Waals surface area (Å²) >= 11 is 0. The highest BCUT2D eigenvalue weighted by Crippen LogP contribution is 2.38. The first-order valence-electron chi connectivity index (χ1n) is 5.47. The Hall–Kier alpha value is -0.900. The number of nitrogens with zero attached hydrogens (tertiary/aromatic N) is 2. The zero-order valence-corrected chi connectivity index (χ0v) is 8.20. The van der Waals surface area contributed by atoms with Crippen LogP contribution < -0.4 is 5.32 Å². The monoisotopic (exact) mass is 193 g/mol. The summed E-state index contributed by atoms with van der Waals surface area (Å²) in [5.74, 6) is 2.32. The highest BCUT2D eigenvalue weighted by atomic mass is 16.5. The van der Waals surface area contributed by atoms with Crippen molar-refractivity contribution in [2.24, 2.45) is 0 Å². The zero-order chi connectivity index (χ0) is 9.38. The van der Waals surface area contributed by atoms with Gasteiger partial charge in [-0.1, -0.05) is 5.16 Å². The van der Waals surface area contributed by atoms with E-state index in [1.165, 1.54) is 25.7 Å². The Kier molecular flexibility index (Phi) is 2.01. The van der Waals surface area contributed by atoms with Gasteiger partial charge in [0.1, 0.15) is 0 Å². The quantitative estimate of drug-likeness (QED) is 0.764. The molecule has 1 aromatic heterocycles. The number of aromatic nitrogens is 2. The lowest BCUT2D eigenvalue weighted by molar-refractivity contribution is 0.370. The number of hydrogen-bond donors (Lipinski definition) is 1. The van der Waals surface area contributed by atoms with E-state index in [2.05, 4.69) is 15.5 Å². The van der Waals surface area contributed by atoms with Crippen molar-refractivity contribution in [2.75, 3.05) is 6.54 Å². The van der Waals surface area contributed by atoms with Crippen molar-refractivity contribution in [3.8, 4) is 0 Å². The van der Waals surface area contributed by atoms with Gasteiger partial charge in [-0.25, -0.2) is 0 Å². The zero-order valence-electron chi connectivity index (χ0n) is 8.20. The first-order chi connectivity index (χ1) is 6.92. The molecule has 0 atom stereocenters. The SMILES string of the molecule is C(Cc1nc(C2CC2)no1)NC1CC1. The summed E-state index contributed by atoms with van der Waals surface area (Å²) < 4.78 is 5.17. The van der Waals surface area contributed by atoms with Crippen LogP contribution in [-0.2, 0) is 6.42 Å². The molecule has 0 amide bonds. The molecule has 1 N–H and O–H groups in total. The standard InChI is InChI=1S/C10H15N3O/c1-2-7(1)10-12-9(14-13-10)5-6-11-8-3-4-8/h7-8,11H,1-6H2. The molecule has 1 heterocycles. The van der Waals surface area contributed by atoms with Gasteiger partial charge in [-0.3, -0.25) is 0 Å². The van der Waals surface area contributed by atoms with E-state index in [9.17, 15) is 0 Å². The topological polar surface area (TPSA) is 51.0 Å². The molecule has 0 radical (unpaired) electrons. The summed E-state index contributed by atoms with van der Waals surface area (Å²) in [7, 11) is 0. The summed E-state index contributed by atoms with van der Waals surface area (Å²) in [6.07, 6.45) is 6.00. The summed E-state index contributed by atoms with van der Waals surface area (Å²) in [6.45, 7) is 0.969. The molecule has 2 fully saturated rings. The van der Waals surface area contributed by atoms with E-state index in [-0.39, 0.29) is 0 Å². The summed E-state index contributed by atoms with van der Waals surface area (Å²) in [4.78, 5) is 4.37. The molecule has 0 unspecified atom stereocenters. The predicted octanol–water partition coefficient (Wildman–Crippen LogP) is 1.24. The molecule has 1 aromatic rings. The molecule has 0 spiro atoms. The number of hydrogen-bond acceptors (Lipinski definition) is 4. The summed E-state index contributed by atoms with van der Waals surface area (Å²) in [6, 6.07) is 0.765. The van der Waals surface area contributed by atoms with Crippen molar-refractivity contribution < 1.29 is 4.52 Å². The Morgan fingerprint density at radius 2 is 2.14 bits per heavy atom. The molecule has 0 saturated heterocycles. The van der Waals surface area contributed by atoms with Crippen molar-refractivity contribution in [3.05, 3.63) is 11.7 Å². The Morgan fingerprint density at radius 3 is 2.86 bits per heavy atom. The van der Waals surface area contributed by atoms with Gasteiger partial charge in [0.25, 0.3) is 0 Å². The van der Waals surface area contributed by atoms with Crippen LogP contribution in [0.5, 0.6) is 0 Å². The minimum absolute atomic E-state index is 0.601. The summed E-state index contributed by atoms with van der Waals surface area (Å²) in [5, 5.41) is 7.41. The fraction of sp³-hybridized carbons (Fsp3) is 0.800. The van der Waals surface area contributed by atoms with Crippen LogP contribution in [0.25, 0.3) is 0 Å². The number of nitrogens with one attached hydrogen (secondary N) is 1. The van der Waals surface area contributed by atoms with Crippen LogP contribution >= 0.6 is 0 Å². The number of rotatable bonds is 5. The summed E-state index contributed by atoms with van der Waals surface area (Å²) in [5.41, 5.74) is 0. The highest BCUT2D eigenvalue weighted by Gasteiger charge is 2.28. The van der Waals surface area contributed by atoms with Gasteiger partial charge in [0.05, 0.1) is 0 Å². The lowest BCUT2D eigenvalue weighted by atomic mass is 10.4. The minimum atomic E-state index is 0.601. The van der Waals surface area contributed by atoms with Crippen LogP contribution in [0, 0.1) is 0 Å². The molecule has 4 heteroatoms. The van der Waals surface area contributed by atoms with Gasteiger partial charge in [0.2, 0.25) is 5.89 Å². The Morgan fingerprint density at radius 1 is 1.29 bits per heavy atom. The third kappa shape index (κ3) is 1.95. The molecule has 2 aliphatic rings. The van der Waals surface area contributed by atoms with Gasteiger partial charge in [-0.15, -0.1) is 0 Å². The van der Waals surface area contributed by atoms with Gasteiger partial charge in [0.15, 0.2) is 5.82 Å². The van der Waals surface area contributed by atoms with Gasteiger partial charge in [-0.2, -0.15) is 4.98 Å². The predicted molar refractivity (Wildman–Crippen MR) is 51.0 cm³/mol. The Labute approximate surface area is 83.1 Å². The molecule has 14 heavy (non-hydrogen) atoms. The molecule has 4 nitrogen and oxygen atoms in total. The molecule has 0 bridgehead atoms. The molecule has 0 aliphatic heterocycles. The van der Waals surface area contributed by atoms with E-state index >= 15 is 0 Å². The Balaban J connectivity index is 1.49. The van der Waals surface area contributed by atoms with Gasteiger partial charge >= 0.3 is 0 Å². The van der Waals surface area contributed by atoms with E-state index in [0.717, 1.165) is 30.7 Å². The van der Waals surface area contributed by atoms with Gasteiger partial charge in [-0.05, 0) is 25.7 Å². The largest absolute Gasteiger partial charge is 0.339 e. The average molecular weight is 193 g/mol.